The number of hydrogen-bond donors (Lipinski definition) is 1. The van der Waals surface area contributed by atoms with Crippen molar-refractivity contribution in [3.8, 4) is 17.2 Å². The maximum atomic E-state index is 13.0. The molecule has 194 valence electrons. The Morgan fingerprint density at radius 3 is 2.30 bits per heavy atom. The molecule has 1 aliphatic heterocycles. The van der Waals surface area contributed by atoms with Gasteiger partial charge in [0, 0.05) is 5.69 Å². The molecular weight excluding hydrogens is 500 g/mol. The number of benzene rings is 3. The topological polar surface area (TPSA) is 120 Å². The summed E-state index contributed by atoms with van der Waals surface area (Å²) < 4.78 is 49.3. The fourth-order valence-electron chi connectivity index (χ4n) is 3.66. The van der Waals surface area contributed by atoms with Crippen LogP contribution in [0, 0.1) is 0 Å². The number of amides is 1. The Balaban J connectivity index is 1.39. The smallest absolute Gasteiger partial charge is 0.348 e. The number of nitrogens with one attached hydrogen (secondary N) is 1. The van der Waals surface area contributed by atoms with Gasteiger partial charge in [0.25, 0.3) is 15.9 Å². The van der Waals surface area contributed by atoms with Crippen LogP contribution < -0.4 is 23.8 Å². The van der Waals surface area contributed by atoms with Gasteiger partial charge in [-0.25, -0.2) is 13.2 Å². The van der Waals surface area contributed by atoms with Crippen molar-refractivity contribution in [2.24, 2.45) is 0 Å². The SMILES string of the molecule is CCOc1ccc(NS(=O)(=O)c2ccc(OCC(=O)N3C[C@@H](C(=O)OC)Oc4ccccc43)cc2)cc1. The number of anilines is 2. The number of carbonyl (C=O) groups excluding carboxylic acids is 2. The first kappa shape index (κ1) is 25.8. The van der Waals surface area contributed by atoms with Crippen LogP contribution >= 0.6 is 0 Å². The number of rotatable bonds is 9. The Bertz CT molecular complexity index is 1360. The first-order valence-electron chi connectivity index (χ1n) is 11.4. The van der Waals surface area contributed by atoms with Crippen LogP contribution in [0.2, 0.25) is 0 Å². The Kier molecular flexibility index (Phi) is 7.83. The zero-order chi connectivity index (χ0) is 26.4. The van der Waals surface area contributed by atoms with Crippen molar-refractivity contribution in [3.05, 3.63) is 72.8 Å². The maximum absolute atomic E-state index is 13.0. The molecule has 0 saturated carbocycles. The molecule has 1 amide bonds. The van der Waals surface area contributed by atoms with Crippen LogP contribution in [0.4, 0.5) is 11.4 Å². The van der Waals surface area contributed by atoms with Crippen LogP contribution in [0.5, 0.6) is 17.2 Å². The average molecular weight is 527 g/mol. The van der Waals surface area contributed by atoms with Gasteiger partial charge in [0.2, 0.25) is 6.10 Å². The van der Waals surface area contributed by atoms with Crippen molar-refractivity contribution < 1.29 is 37.0 Å². The molecule has 3 aromatic rings. The van der Waals surface area contributed by atoms with Crippen LogP contribution in [0.1, 0.15) is 6.92 Å². The fourth-order valence-corrected chi connectivity index (χ4v) is 4.72. The summed E-state index contributed by atoms with van der Waals surface area (Å²) in [5.74, 6) is 0.330. The van der Waals surface area contributed by atoms with Crippen molar-refractivity contribution in [2.45, 2.75) is 17.9 Å². The molecule has 0 spiro atoms. The van der Waals surface area contributed by atoms with E-state index in [2.05, 4.69) is 4.72 Å². The monoisotopic (exact) mass is 526 g/mol. The van der Waals surface area contributed by atoms with Gasteiger partial charge in [-0.3, -0.25) is 9.52 Å². The lowest BCUT2D eigenvalue weighted by molar-refractivity contribution is -0.148. The standard InChI is InChI=1S/C26H26N2O8S/c1-3-34-19-10-8-18(9-11-19)27-37(31,32)21-14-12-20(13-15-21)35-17-25(29)28-16-24(26(30)33-2)36-23-7-5-4-6-22(23)28/h4-15,24,27H,3,16-17H2,1-2H3/t24-/m0/s1. The Hall–Kier alpha value is -4.25. The highest BCUT2D eigenvalue weighted by Gasteiger charge is 2.34. The molecule has 4 rings (SSSR count). The highest BCUT2D eigenvalue weighted by Crippen LogP contribution is 2.33. The molecule has 0 bridgehead atoms. The summed E-state index contributed by atoms with van der Waals surface area (Å²) in [5.41, 5.74) is 0.906. The van der Waals surface area contributed by atoms with Gasteiger partial charge < -0.3 is 23.8 Å². The number of ether oxygens (including phenoxy) is 4. The Labute approximate surface area is 214 Å². The van der Waals surface area contributed by atoms with Crippen LogP contribution in [-0.4, -0.2) is 53.3 Å². The molecule has 0 fully saturated rings. The van der Waals surface area contributed by atoms with E-state index in [4.69, 9.17) is 18.9 Å². The van der Waals surface area contributed by atoms with E-state index in [0.29, 0.717) is 35.2 Å². The fraction of sp³-hybridized carbons (Fsp3) is 0.231. The second-order valence-electron chi connectivity index (χ2n) is 7.92. The summed E-state index contributed by atoms with van der Waals surface area (Å²) in [5, 5.41) is 0. The van der Waals surface area contributed by atoms with Gasteiger partial charge in [0.1, 0.15) is 17.2 Å². The van der Waals surface area contributed by atoms with E-state index in [1.165, 1.54) is 36.3 Å². The predicted molar refractivity (Wildman–Crippen MR) is 136 cm³/mol. The summed E-state index contributed by atoms with van der Waals surface area (Å²) >= 11 is 0. The van der Waals surface area contributed by atoms with Crippen molar-refractivity contribution in [1.29, 1.82) is 0 Å². The largest absolute Gasteiger partial charge is 0.494 e. The van der Waals surface area contributed by atoms with Crippen molar-refractivity contribution >= 4 is 33.3 Å². The molecule has 1 heterocycles. The highest BCUT2D eigenvalue weighted by atomic mass is 32.2. The minimum absolute atomic E-state index is 0.0275. The Morgan fingerprint density at radius 1 is 0.973 bits per heavy atom. The summed E-state index contributed by atoms with van der Waals surface area (Å²) in [4.78, 5) is 26.4. The van der Waals surface area contributed by atoms with Gasteiger partial charge in [-0.15, -0.1) is 0 Å². The molecule has 11 heteroatoms. The average Bonchev–Trinajstić information content (AvgIpc) is 2.92. The third kappa shape index (κ3) is 6.12. The zero-order valence-corrected chi connectivity index (χ0v) is 21.1. The van der Waals surface area contributed by atoms with Crippen molar-refractivity contribution in [1.82, 2.24) is 0 Å². The van der Waals surface area contributed by atoms with Crippen molar-refractivity contribution in [2.75, 3.05) is 36.5 Å². The molecule has 3 aromatic carbocycles. The number of hydrogen-bond acceptors (Lipinski definition) is 8. The van der Waals surface area contributed by atoms with Gasteiger partial charge in [-0.05, 0) is 67.6 Å². The summed E-state index contributed by atoms with van der Waals surface area (Å²) in [6, 6.07) is 19.1. The predicted octanol–water partition coefficient (Wildman–Crippen LogP) is 3.23. The Morgan fingerprint density at radius 2 is 1.62 bits per heavy atom. The van der Waals surface area contributed by atoms with E-state index < -0.39 is 28.0 Å². The lowest BCUT2D eigenvalue weighted by Crippen LogP contribution is -2.48. The number of methoxy groups -OCH3 is 1. The molecule has 37 heavy (non-hydrogen) atoms. The second-order valence-corrected chi connectivity index (χ2v) is 9.61. The number of nitrogens with zero attached hydrogens (tertiary/aromatic N) is 1. The minimum atomic E-state index is -3.83. The number of carbonyl (C=O) groups is 2. The molecule has 0 unspecified atom stereocenters. The normalized spacial score (nSPS) is 14.6. The molecule has 1 atom stereocenters. The quantitative estimate of drug-likeness (QED) is 0.422. The summed E-state index contributed by atoms with van der Waals surface area (Å²) in [6.07, 6.45) is -0.962. The summed E-state index contributed by atoms with van der Waals surface area (Å²) in [6.45, 7) is 2.01. The number of fused-ring (bicyclic) bond motifs is 1. The van der Waals surface area contributed by atoms with Crippen LogP contribution in [0.25, 0.3) is 0 Å². The van der Waals surface area contributed by atoms with Gasteiger partial charge in [-0.1, -0.05) is 12.1 Å². The molecular formula is C26H26N2O8S. The molecule has 1 N–H and O–H groups in total. The van der Waals surface area contributed by atoms with Crippen LogP contribution in [0.3, 0.4) is 0 Å². The first-order valence-corrected chi connectivity index (χ1v) is 12.9. The van der Waals surface area contributed by atoms with E-state index in [1.54, 1.807) is 48.5 Å². The van der Waals surface area contributed by atoms with E-state index >= 15 is 0 Å². The molecule has 0 radical (unpaired) electrons. The third-order valence-corrected chi connectivity index (χ3v) is 6.85. The minimum Gasteiger partial charge on any atom is -0.494 e. The van der Waals surface area contributed by atoms with E-state index in [1.807, 2.05) is 6.92 Å². The van der Waals surface area contributed by atoms with Gasteiger partial charge in [0.05, 0.1) is 30.8 Å². The van der Waals surface area contributed by atoms with E-state index in [-0.39, 0.29) is 18.0 Å². The molecule has 0 aromatic heterocycles. The number of esters is 1. The maximum Gasteiger partial charge on any atom is 0.348 e. The molecule has 0 saturated heterocycles. The molecule has 1 aliphatic rings. The molecule has 10 nitrogen and oxygen atoms in total. The van der Waals surface area contributed by atoms with Crippen LogP contribution in [0.15, 0.2) is 77.7 Å². The number of sulfonamides is 1. The highest BCUT2D eigenvalue weighted by molar-refractivity contribution is 7.92. The van der Waals surface area contributed by atoms with E-state index in [9.17, 15) is 18.0 Å². The van der Waals surface area contributed by atoms with Gasteiger partial charge >= 0.3 is 5.97 Å². The van der Waals surface area contributed by atoms with Crippen molar-refractivity contribution in [3.63, 3.8) is 0 Å². The van der Waals surface area contributed by atoms with E-state index in [0.717, 1.165) is 0 Å². The second kappa shape index (κ2) is 11.2. The number of para-hydroxylation sites is 2. The lowest BCUT2D eigenvalue weighted by atomic mass is 10.2. The third-order valence-electron chi connectivity index (χ3n) is 5.45. The first-order chi connectivity index (χ1) is 17.8. The van der Waals surface area contributed by atoms with Gasteiger partial charge in [-0.2, -0.15) is 0 Å². The lowest BCUT2D eigenvalue weighted by Gasteiger charge is -2.33. The zero-order valence-electron chi connectivity index (χ0n) is 20.2. The summed E-state index contributed by atoms with van der Waals surface area (Å²) in [7, 11) is -2.58. The van der Waals surface area contributed by atoms with Crippen LogP contribution in [-0.2, 0) is 24.3 Å². The molecule has 0 aliphatic carbocycles. The van der Waals surface area contributed by atoms with Gasteiger partial charge in [0.15, 0.2) is 6.61 Å².